The van der Waals surface area contributed by atoms with Crippen molar-refractivity contribution in [1.29, 1.82) is 0 Å². The molecule has 0 amide bonds. The van der Waals surface area contributed by atoms with Crippen LogP contribution in [0.1, 0.15) is 34.5 Å². The lowest BCUT2D eigenvalue weighted by molar-refractivity contribution is -0.137. The maximum Gasteiger partial charge on any atom is 0.416 e. The highest BCUT2D eigenvalue weighted by Gasteiger charge is 2.30. The number of allylic oxidation sites excluding steroid dienone is 1. The third-order valence-electron chi connectivity index (χ3n) is 3.84. The van der Waals surface area contributed by atoms with Gasteiger partial charge in [-0.25, -0.2) is 0 Å². The van der Waals surface area contributed by atoms with E-state index >= 15 is 0 Å². The summed E-state index contributed by atoms with van der Waals surface area (Å²) in [5.41, 5.74) is -0.449. The molecule has 0 saturated heterocycles. The molecule has 5 nitrogen and oxygen atoms in total. The van der Waals surface area contributed by atoms with Gasteiger partial charge in [0.2, 0.25) is 5.78 Å². The van der Waals surface area contributed by atoms with Crippen molar-refractivity contribution < 1.29 is 27.1 Å². The first-order chi connectivity index (χ1) is 13.3. The number of rotatable bonds is 7. The molecule has 0 bridgehead atoms. The summed E-state index contributed by atoms with van der Waals surface area (Å²) in [7, 11) is 0. The predicted molar refractivity (Wildman–Crippen MR) is 95.7 cm³/mol. The van der Waals surface area contributed by atoms with E-state index in [1.165, 1.54) is 24.3 Å². The number of aryl methyl sites for hydroxylation is 1. The summed E-state index contributed by atoms with van der Waals surface area (Å²) < 4.78 is 50.6. The second kappa shape index (κ2) is 8.16. The van der Waals surface area contributed by atoms with E-state index in [0.29, 0.717) is 23.8 Å². The molecule has 0 radical (unpaired) electrons. The first-order valence-electron chi connectivity index (χ1n) is 8.50. The number of carbonyl (C=O) groups excluding carboxylic acids is 1. The van der Waals surface area contributed by atoms with E-state index in [1.54, 1.807) is 29.1 Å². The Hall–Kier alpha value is -3.29. The lowest BCUT2D eigenvalue weighted by atomic mass is 10.2. The number of furan rings is 1. The summed E-state index contributed by atoms with van der Waals surface area (Å²) >= 11 is 0. The number of halogens is 3. The molecular weight excluding hydrogens is 373 g/mol. The molecule has 0 unspecified atom stereocenters. The molecule has 0 fully saturated rings. The van der Waals surface area contributed by atoms with E-state index in [0.717, 1.165) is 12.1 Å². The van der Waals surface area contributed by atoms with Crippen LogP contribution in [0.15, 0.2) is 59.2 Å². The maximum atomic E-state index is 12.7. The molecule has 28 heavy (non-hydrogen) atoms. The highest BCUT2D eigenvalue weighted by atomic mass is 19.4. The third-order valence-corrected chi connectivity index (χ3v) is 3.84. The Balaban J connectivity index is 1.59. The Morgan fingerprint density at radius 3 is 2.79 bits per heavy atom. The Morgan fingerprint density at radius 1 is 1.25 bits per heavy atom. The summed E-state index contributed by atoms with van der Waals surface area (Å²) in [4.78, 5) is 12.1. The standard InChI is InChI=1S/C20H17F3N2O3/c1-2-25-11-10-18(24-25)19(26)9-8-15-6-7-17(28-15)13-27-16-5-3-4-14(12-16)20(21,22)23/h3-12H,2,13H2,1H3/b9-8+. The van der Waals surface area contributed by atoms with E-state index in [2.05, 4.69) is 5.10 Å². The fraction of sp³-hybridized carbons (Fsp3) is 0.200. The molecule has 0 aliphatic rings. The van der Waals surface area contributed by atoms with Gasteiger partial charge in [-0.2, -0.15) is 18.3 Å². The zero-order chi connectivity index (χ0) is 20.1. The van der Waals surface area contributed by atoms with Crippen LogP contribution in [0.5, 0.6) is 5.75 Å². The van der Waals surface area contributed by atoms with Crippen molar-refractivity contribution in [2.75, 3.05) is 0 Å². The van der Waals surface area contributed by atoms with Crippen LogP contribution in [0.4, 0.5) is 13.2 Å². The highest BCUT2D eigenvalue weighted by molar-refractivity contribution is 6.05. The molecule has 0 aliphatic heterocycles. The average molecular weight is 390 g/mol. The highest BCUT2D eigenvalue weighted by Crippen LogP contribution is 2.31. The summed E-state index contributed by atoms with van der Waals surface area (Å²) in [5, 5.41) is 4.12. The SMILES string of the molecule is CCn1ccc(C(=O)/C=C/c2ccc(COc3cccc(C(F)(F)F)c3)o2)n1. The Bertz CT molecular complexity index is 986. The van der Waals surface area contributed by atoms with Crippen molar-refractivity contribution in [1.82, 2.24) is 9.78 Å². The lowest BCUT2D eigenvalue weighted by Crippen LogP contribution is -2.05. The van der Waals surface area contributed by atoms with E-state index < -0.39 is 11.7 Å². The van der Waals surface area contributed by atoms with Crippen LogP contribution in [0, 0.1) is 0 Å². The fourth-order valence-electron chi connectivity index (χ4n) is 2.39. The van der Waals surface area contributed by atoms with E-state index in [-0.39, 0.29) is 18.1 Å². The number of nitrogens with zero attached hydrogens (tertiary/aromatic N) is 2. The largest absolute Gasteiger partial charge is 0.486 e. The van der Waals surface area contributed by atoms with Crippen LogP contribution in [0.2, 0.25) is 0 Å². The minimum Gasteiger partial charge on any atom is -0.486 e. The molecule has 0 aliphatic carbocycles. The summed E-state index contributed by atoms with van der Waals surface area (Å²) in [6, 6.07) is 9.52. The molecule has 0 spiro atoms. The molecule has 0 N–H and O–H groups in total. The van der Waals surface area contributed by atoms with Crippen molar-refractivity contribution in [2.45, 2.75) is 26.3 Å². The molecule has 146 valence electrons. The molecule has 2 aromatic heterocycles. The normalized spacial score (nSPS) is 11.9. The zero-order valence-corrected chi connectivity index (χ0v) is 14.9. The quantitative estimate of drug-likeness (QED) is 0.421. The number of hydrogen-bond donors (Lipinski definition) is 0. The molecule has 3 rings (SSSR count). The number of benzene rings is 1. The molecule has 0 saturated carbocycles. The number of ether oxygens (including phenoxy) is 1. The van der Waals surface area contributed by atoms with Gasteiger partial charge in [-0.1, -0.05) is 6.07 Å². The lowest BCUT2D eigenvalue weighted by Gasteiger charge is -2.09. The number of hydrogen-bond acceptors (Lipinski definition) is 4. The number of carbonyl (C=O) groups is 1. The minimum absolute atomic E-state index is 0.0377. The molecule has 2 heterocycles. The van der Waals surface area contributed by atoms with Gasteiger partial charge in [-0.15, -0.1) is 0 Å². The van der Waals surface area contributed by atoms with Crippen LogP contribution in [0.25, 0.3) is 6.08 Å². The van der Waals surface area contributed by atoms with Crippen LogP contribution in [0.3, 0.4) is 0 Å². The topological polar surface area (TPSA) is 57.3 Å². The van der Waals surface area contributed by atoms with Crippen LogP contribution in [-0.4, -0.2) is 15.6 Å². The van der Waals surface area contributed by atoms with Gasteiger partial charge < -0.3 is 9.15 Å². The number of alkyl halides is 3. The van der Waals surface area contributed by atoms with Crippen LogP contribution >= 0.6 is 0 Å². The number of aromatic nitrogens is 2. The maximum absolute atomic E-state index is 12.7. The second-order valence-corrected chi connectivity index (χ2v) is 5.87. The van der Waals surface area contributed by atoms with Crippen molar-refractivity contribution >= 4 is 11.9 Å². The van der Waals surface area contributed by atoms with Crippen LogP contribution in [-0.2, 0) is 19.3 Å². The van der Waals surface area contributed by atoms with Gasteiger partial charge in [0.05, 0.1) is 5.56 Å². The predicted octanol–water partition coefficient (Wildman–Crippen LogP) is 4.99. The Labute approximate surface area is 159 Å². The van der Waals surface area contributed by atoms with Gasteiger partial charge in [-0.05, 0) is 55.5 Å². The Kier molecular flexibility index (Phi) is 5.67. The first-order valence-corrected chi connectivity index (χ1v) is 8.50. The molecule has 1 aromatic carbocycles. The fourth-order valence-corrected chi connectivity index (χ4v) is 2.39. The average Bonchev–Trinajstić information content (AvgIpc) is 3.33. The van der Waals surface area contributed by atoms with Gasteiger partial charge in [-0.3, -0.25) is 9.48 Å². The van der Waals surface area contributed by atoms with Crippen molar-refractivity contribution in [3.8, 4) is 5.75 Å². The van der Waals surface area contributed by atoms with Gasteiger partial charge in [0, 0.05) is 12.7 Å². The summed E-state index contributed by atoms with van der Waals surface area (Å²) in [5.74, 6) is 0.668. The number of ketones is 1. The minimum atomic E-state index is -4.43. The van der Waals surface area contributed by atoms with Gasteiger partial charge in [0.15, 0.2) is 0 Å². The second-order valence-electron chi connectivity index (χ2n) is 5.87. The molecule has 3 aromatic rings. The van der Waals surface area contributed by atoms with Crippen LogP contribution < -0.4 is 4.74 Å². The van der Waals surface area contributed by atoms with Gasteiger partial charge >= 0.3 is 6.18 Å². The van der Waals surface area contributed by atoms with Crippen molar-refractivity contribution in [2.24, 2.45) is 0 Å². The van der Waals surface area contributed by atoms with Crippen molar-refractivity contribution in [3.05, 3.63) is 77.5 Å². The van der Waals surface area contributed by atoms with E-state index in [9.17, 15) is 18.0 Å². The van der Waals surface area contributed by atoms with Crippen molar-refractivity contribution in [3.63, 3.8) is 0 Å². The van der Waals surface area contributed by atoms with E-state index in [4.69, 9.17) is 9.15 Å². The molecular formula is C20H17F3N2O3. The zero-order valence-electron chi connectivity index (χ0n) is 14.9. The Morgan fingerprint density at radius 2 is 2.07 bits per heavy atom. The third kappa shape index (κ3) is 4.91. The van der Waals surface area contributed by atoms with Gasteiger partial charge in [0.25, 0.3) is 0 Å². The van der Waals surface area contributed by atoms with Gasteiger partial charge in [0.1, 0.15) is 29.6 Å². The summed E-state index contributed by atoms with van der Waals surface area (Å²) in [6.45, 7) is 2.55. The van der Waals surface area contributed by atoms with E-state index in [1.807, 2.05) is 6.92 Å². The monoisotopic (exact) mass is 390 g/mol. The molecule has 0 atom stereocenters. The smallest absolute Gasteiger partial charge is 0.416 e. The molecule has 8 heteroatoms. The summed E-state index contributed by atoms with van der Waals surface area (Å²) in [6.07, 6.45) is 0.137. The first kappa shape index (κ1) is 19.5.